The van der Waals surface area contributed by atoms with Crippen LogP contribution in [0.1, 0.15) is 1.43 Å². The summed E-state index contributed by atoms with van der Waals surface area (Å²) in [5.41, 5.74) is -0.380. The van der Waals surface area contributed by atoms with E-state index < -0.39 is 19.9 Å². The van der Waals surface area contributed by atoms with Crippen LogP contribution in [-0.2, 0) is 10.1 Å². The molecule has 0 aliphatic heterocycles. The van der Waals surface area contributed by atoms with Crippen molar-refractivity contribution in [1.82, 2.24) is 0 Å². The van der Waals surface area contributed by atoms with E-state index in [0.29, 0.717) is 0 Å². The Hall–Kier alpha value is -0.470. The molecule has 1 N–H and O–H groups in total. The van der Waals surface area contributed by atoms with Gasteiger partial charge in [0, 0.05) is 12.1 Å². The maximum absolute atomic E-state index is 10.5. The van der Waals surface area contributed by atoms with Gasteiger partial charge in [-0.1, -0.05) is 6.07 Å². The Bertz CT molecular complexity index is 449. The molecule has 8 heteroatoms. The van der Waals surface area contributed by atoms with Crippen LogP contribution in [0.4, 0.5) is 5.69 Å². The molecule has 0 unspecified atom stereocenters. The average molecular weight is 227 g/mol. The number of hydrogen-bond acceptors (Lipinski definition) is 4. The van der Waals surface area contributed by atoms with Crippen molar-refractivity contribution in [2.45, 2.75) is 4.90 Å². The fraction of sp³-hybridized carbons (Fsp3) is 0. The van der Waals surface area contributed by atoms with Gasteiger partial charge in [0.15, 0.2) is 0 Å². The van der Waals surface area contributed by atoms with Gasteiger partial charge in [0.25, 0.3) is 15.8 Å². The van der Waals surface area contributed by atoms with Crippen molar-refractivity contribution < 1.29 is 48.9 Å². The van der Waals surface area contributed by atoms with E-state index in [9.17, 15) is 18.5 Å². The molecule has 0 spiro atoms. The van der Waals surface area contributed by atoms with Crippen LogP contribution in [0.5, 0.6) is 0 Å². The fourth-order valence-corrected chi connectivity index (χ4v) is 1.28. The molecular formula is C6H6NNaO5S. The van der Waals surface area contributed by atoms with Gasteiger partial charge in [-0.25, -0.2) is 0 Å². The third kappa shape index (κ3) is 3.35. The molecule has 1 aromatic rings. The molecule has 0 amide bonds. The standard InChI is InChI=1S/C6H5NO5S.Na.H/c8-7(9)5-2-1-3-6(4-5)13(10,11)12;;/h1-4H,(H,10,11,12);;/q;+1;-1. The van der Waals surface area contributed by atoms with Gasteiger partial charge in [-0.15, -0.1) is 0 Å². The molecule has 6 nitrogen and oxygen atoms in total. The van der Waals surface area contributed by atoms with E-state index in [-0.39, 0.29) is 36.7 Å². The van der Waals surface area contributed by atoms with Crippen LogP contribution in [0.25, 0.3) is 0 Å². The first kappa shape index (κ1) is 13.5. The molecule has 0 heterocycles. The Morgan fingerprint density at radius 2 is 2.00 bits per heavy atom. The molecule has 0 aliphatic rings. The molecule has 0 radical (unpaired) electrons. The number of nitrogens with zero attached hydrogens (tertiary/aromatic N) is 1. The van der Waals surface area contributed by atoms with E-state index in [2.05, 4.69) is 0 Å². The van der Waals surface area contributed by atoms with Gasteiger partial charge in [-0.2, -0.15) is 8.42 Å². The first-order valence-electron chi connectivity index (χ1n) is 3.13. The summed E-state index contributed by atoms with van der Waals surface area (Å²) in [6, 6.07) is 4.17. The summed E-state index contributed by atoms with van der Waals surface area (Å²) < 4.78 is 29.6. The maximum atomic E-state index is 10.5. The van der Waals surface area contributed by atoms with Crippen LogP contribution in [0.3, 0.4) is 0 Å². The van der Waals surface area contributed by atoms with Crippen LogP contribution >= 0.6 is 0 Å². The number of nitro groups is 1. The molecule has 14 heavy (non-hydrogen) atoms. The van der Waals surface area contributed by atoms with Crippen LogP contribution in [0.15, 0.2) is 29.2 Å². The van der Waals surface area contributed by atoms with Gasteiger partial charge in [0.05, 0.1) is 4.92 Å². The molecular weight excluding hydrogens is 221 g/mol. The minimum atomic E-state index is -4.36. The van der Waals surface area contributed by atoms with E-state index >= 15 is 0 Å². The SMILES string of the molecule is O=[N+]([O-])c1cccc(S(=O)(=O)O)c1.[H-].[Na+]. The minimum absolute atomic E-state index is 0. The summed E-state index contributed by atoms with van der Waals surface area (Å²) in [4.78, 5) is 8.98. The van der Waals surface area contributed by atoms with Gasteiger partial charge in [-0.3, -0.25) is 14.7 Å². The van der Waals surface area contributed by atoms with Crippen molar-refractivity contribution in [2.75, 3.05) is 0 Å². The second kappa shape index (κ2) is 4.85. The Morgan fingerprint density at radius 3 is 2.43 bits per heavy atom. The van der Waals surface area contributed by atoms with E-state index in [1.807, 2.05) is 0 Å². The number of rotatable bonds is 2. The average Bonchev–Trinajstić information content (AvgIpc) is 2.03. The summed E-state index contributed by atoms with van der Waals surface area (Å²) in [6.45, 7) is 0. The maximum Gasteiger partial charge on any atom is 1.00 e. The van der Waals surface area contributed by atoms with Crippen molar-refractivity contribution in [3.63, 3.8) is 0 Å². The molecule has 72 valence electrons. The normalized spacial score (nSPS) is 10.4. The summed E-state index contributed by atoms with van der Waals surface area (Å²) in [5.74, 6) is 0. The Labute approximate surface area is 104 Å². The van der Waals surface area contributed by atoms with Crippen LogP contribution in [0, 0.1) is 10.1 Å². The third-order valence-corrected chi connectivity index (χ3v) is 2.18. The molecule has 0 bridgehead atoms. The predicted octanol–water partition coefficient (Wildman–Crippen LogP) is -2.04. The van der Waals surface area contributed by atoms with E-state index in [0.717, 1.165) is 18.2 Å². The largest absolute Gasteiger partial charge is 1.00 e. The zero-order valence-electron chi connectivity index (χ0n) is 8.25. The van der Waals surface area contributed by atoms with E-state index in [4.69, 9.17) is 4.55 Å². The van der Waals surface area contributed by atoms with Gasteiger partial charge in [-0.05, 0) is 6.07 Å². The second-order valence-electron chi connectivity index (χ2n) is 2.23. The van der Waals surface area contributed by atoms with Crippen LogP contribution in [-0.4, -0.2) is 17.9 Å². The van der Waals surface area contributed by atoms with Gasteiger partial charge in [0.1, 0.15) is 4.90 Å². The first-order chi connectivity index (χ1) is 5.91. The van der Waals surface area contributed by atoms with E-state index in [1.165, 1.54) is 6.07 Å². The van der Waals surface area contributed by atoms with Gasteiger partial charge in [0.2, 0.25) is 0 Å². The number of non-ortho nitro benzene ring substituents is 1. The summed E-state index contributed by atoms with van der Waals surface area (Å²) in [6.07, 6.45) is 0. The van der Waals surface area contributed by atoms with E-state index in [1.54, 1.807) is 0 Å². The van der Waals surface area contributed by atoms with Crippen molar-refractivity contribution >= 4 is 15.8 Å². The summed E-state index contributed by atoms with van der Waals surface area (Å²) in [5, 5.41) is 10.2. The molecule has 0 aliphatic carbocycles. The Morgan fingerprint density at radius 1 is 1.43 bits per heavy atom. The number of benzene rings is 1. The summed E-state index contributed by atoms with van der Waals surface area (Å²) >= 11 is 0. The van der Waals surface area contributed by atoms with Crippen LogP contribution in [0.2, 0.25) is 0 Å². The summed E-state index contributed by atoms with van der Waals surface area (Å²) in [7, 11) is -4.36. The molecule has 0 aromatic heterocycles. The topological polar surface area (TPSA) is 97.5 Å². The number of hydrogen-bond donors (Lipinski definition) is 1. The molecule has 0 saturated carbocycles. The Kier molecular flexibility index (Phi) is 4.69. The quantitative estimate of drug-likeness (QED) is 0.271. The van der Waals surface area contributed by atoms with Crippen LogP contribution < -0.4 is 29.6 Å². The third-order valence-electron chi connectivity index (χ3n) is 1.33. The fourth-order valence-electron chi connectivity index (χ4n) is 0.758. The molecule has 1 aromatic carbocycles. The monoisotopic (exact) mass is 227 g/mol. The predicted molar refractivity (Wildman–Crippen MR) is 44.0 cm³/mol. The zero-order valence-corrected chi connectivity index (χ0v) is 10.1. The molecule has 0 atom stereocenters. The van der Waals surface area contributed by atoms with Gasteiger partial charge < -0.3 is 1.43 Å². The molecule has 1 rings (SSSR count). The molecule has 0 saturated heterocycles. The minimum Gasteiger partial charge on any atom is -1.00 e. The first-order valence-corrected chi connectivity index (χ1v) is 4.57. The number of nitro benzene ring substituents is 1. The smallest absolute Gasteiger partial charge is 1.00 e. The van der Waals surface area contributed by atoms with Crippen molar-refractivity contribution in [2.24, 2.45) is 0 Å². The Balaban J connectivity index is 0. The zero-order chi connectivity index (χ0) is 10.1. The van der Waals surface area contributed by atoms with Crippen molar-refractivity contribution in [3.8, 4) is 0 Å². The second-order valence-corrected chi connectivity index (χ2v) is 3.65. The molecule has 0 fully saturated rings. The van der Waals surface area contributed by atoms with Crippen molar-refractivity contribution in [3.05, 3.63) is 34.4 Å². The van der Waals surface area contributed by atoms with Gasteiger partial charge >= 0.3 is 29.6 Å². The van der Waals surface area contributed by atoms with Crippen molar-refractivity contribution in [1.29, 1.82) is 0 Å².